The summed E-state index contributed by atoms with van der Waals surface area (Å²) in [6.07, 6.45) is 1.93. The van der Waals surface area contributed by atoms with E-state index in [9.17, 15) is 4.79 Å². The smallest absolute Gasteiger partial charge is 0.264 e. The molecule has 1 aliphatic rings. The van der Waals surface area contributed by atoms with Gasteiger partial charge in [-0.15, -0.1) is 0 Å². The van der Waals surface area contributed by atoms with E-state index in [0.29, 0.717) is 10.1 Å². The Hall–Kier alpha value is -2.57. The molecule has 0 saturated carbocycles. The number of benzene rings is 2. The standard InChI is InChI=1S/C22H18BrN3OS/c1-14-11-16(15(2)26(14)19-10-6-7-17(23)13-19)12-20-21(27)25-22(28-20)24-18-8-4-3-5-9-18/h3-13H,1-2H3,(H,24,25,27)/b20-12-. The van der Waals surface area contributed by atoms with E-state index in [1.54, 1.807) is 0 Å². The van der Waals surface area contributed by atoms with Gasteiger partial charge in [-0.2, -0.15) is 0 Å². The first-order valence-electron chi connectivity index (χ1n) is 8.81. The number of aliphatic imine (C=N–C) groups is 1. The topological polar surface area (TPSA) is 46.4 Å². The van der Waals surface area contributed by atoms with E-state index in [-0.39, 0.29) is 5.91 Å². The first-order chi connectivity index (χ1) is 13.5. The molecule has 0 atom stereocenters. The van der Waals surface area contributed by atoms with Gasteiger partial charge in [0.15, 0.2) is 5.17 Å². The summed E-state index contributed by atoms with van der Waals surface area (Å²) in [5.41, 5.74) is 5.13. The molecular formula is C22H18BrN3OS. The number of nitrogens with one attached hydrogen (secondary N) is 1. The summed E-state index contributed by atoms with van der Waals surface area (Å²) in [5.74, 6) is -0.119. The van der Waals surface area contributed by atoms with Crippen LogP contribution < -0.4 is 5.32 Å². The number of carbonyl (C=O) groups excluding carboxylic acids is 1. The highest BCUT2D eigenvalue weighted by molar-refractivity contribution is 9.10. The molecule has 1 fully saturated rings. The monoisotopic (exact) mass is 451 g/mol. The average Bonchev–Trinajstić information content (AvgIpc) is 3.14. The number of nitrogens with zero attached hydrogens (tertiary/aromatic N) is 2. The van der Waals surface area contributed by atoms with Crippen LogP contribution in [0, 0.1) is 13.8 Å². The lowest BCUT2D eigenvalue weighted by molar-refractivity contribution is -0.115. The van der Waals surface area contributed by atoms with E-state index in [4.69, 9.17) is 0 Å². The summed E-state index contributed by atoms with van der Waals surface area (Å²) in [6, 6.07) is 19.9. The minimum Gasteiger partial charge on any atom is -0.318 e. The third kappa shape index (κ3) is 3.84. The fourth-order valence-corrected chi connectivity index (χ4v) is 4.41. The minimum atomic E-state index is -0.119. The molecule has 1 amide bonds. The summed E-state index contributed by atoms with van der Waals surface area (Å²) in [6.45, 7) is 4.14. The Balaban J connectivity index is 1.66. The van der Waals surface area contributed by atoms with Crippen molar-refractivity contribution in [1.29, 1.82) is 0 Å². The van der Waals surface area contributed by atoms with E-state index in [2.05, 4.69) is 62.9 Å². The second-order valence-corrected chi connectivity index (χ2v) is 8.41. The minimum absolute atomic E-state index is 0.119. The lowest BCUT2D eigenvalue weighted by atomic mass is 10.2. The largest absolute Gasteiger partial charge is 0.318 e. The first kappa shape index (κ1) is 18.8. The molecule has 4 rings (SSSR count). The molecule has 4 nitrogen and oxygen atoms in total. The predicted molar refractivity (Wildman–Crippen MR) is 120 cm³/mol. The number of hydrogen-bond acceptors (Lipinski definition) is 3. The van der Waals surface area contributed by atoms with E-state index < -0.39 is 0 Å². The molecule has 2 aromatic carbocycles. The molecule has 2 heterocycles. The lowest BCUT2D eigenvalue weighted by Gasteiger charge is -2.10. The van der Waals surface area contributed by atoms with Crippen molar-refractivity contribution in [3.63, 3.8) is 0 Å². The number of amides is 1. The quantitative estimate of drug-likeness (QED) is 0.515. The number of halogens is 1. The third-order valence-electron chi connectivity index (χ3n) is 4.46. The van der Waals surface area contributed by atoms with Crippen LogP contribution in [0.3, 0.4) is 0 Å². The van der Waals surface area contributed by atoms with Gasteiger partial charge in [0, 0.05) is 21.5 Å². The van der Waals surface area contributed by atoms with Crippen molar-refractivity contribution < 1.29 is 4.79 Å². The van der Waals surface area contributed by atoms with Crippen molar-refractivity contribution in [2.24, 2.45) is 4.99 Å². The fraction of sp³-hybridized carbons (Fsp3) is 0.0909. The molecule has 0 aliphatic carbocycles. The molecule has 1 N–H and O–H groups in total. The van der Waals surface area contributed by atoms with E-state index in [1.165, 1.54) is 11.8 Å². The zero-order valence-electron chi connectivity index (χ0n) is 15.4. The molecule has 1 aromatic heterocycles. The average molecular weight is 452 g/mol. The number of thioether (sulfide) groups is 1. The van der Waals surface area contributed by atoms with Gasteiger partial charge in [0.25, 0.3) is 5.91 Å². The zero-order valence-corrected chi connectivity index (χ0v) is 17.8. The number of rotatable bonds is 3. The Morgan fingerprint density at radius 3 is 2.61 bits per heavy atom. The van der Waals surface area contributed by atoms with Crippen molar-refractivity contribution in [3.8, 4) is 5.69 Å². The third-order valence-corrected chi connectivity index (χ3v) is 5.86. The van der Waals surface area contributed by atoms with Crippen LogP contribution in [-0.2, 0) is 4.79 Å². The predicted octanol–water partition coefficient (Wildman–Crippen LogP) is 5.75. The van der Waals surface area contributed by atoms with E-state index in [1.807, 2.05) is 48.5 Å². The van der Waals surface area contributed by atoms with Crippen LogP contribution in [0.2, 0.25) is 0 Å². The molecule has 6 heteroatoms. The molecule has 0 spiro atoms. The number of para-hydroxylation sites is 1. The Bertz CT molecular complexity index is 1120. The number of carbonyl (C=O) groups is 1. The Morgan fingerprint density at radius 1 is 1.07 bits per heavy atom. The van der Waals surface area contributed by atoms with E-state index >= 15 is 0 Å². The van der Waals surface area contributed by atoms with Gasteiger partial charge in [0.1, 0.15) is 0 Å². The van der Waals surface area contributed by atoms with Gasteiger partial charge < -0.3 is 9.88 Å². The molecule has 1 saturated heterocycles. The van der Waals surface area contributed by atoms with Gasteiger partial charge in [-0.05, 0) is 73.6 Å². The summed E-state index contributed by atoms with van der Waals surface area (Å²) in [5, 5.41) is 3.45. The van der Waals surface area contributed by atoms with Crippen LogP contribution >= 0.6 is 27.7 Å². The molecule has 140 valence electrons. The second kappa shape index (κ2) is 7.81. The van der Waals surface area contributed by atoms with Crippen LogP contribution in [0.25, 0.3) is 11.8 Å². The van der Waals surface area contributed by atoms with Crippen molar-refractivity contribution >= 4 is 50.5 Å². The molecule has 0 radical (unpaired) electrons. The first-order valence-corrected chi connectivity index (χ1v) is 10.4. The maximum atomic E-state index is 12.4. The molecule has 1 aliphatic heterocycles. The van der Waals surface area contributed by atoms with Crippen LogP contribution in [0.4, 0.5) is 5.69 Å². The lowest BCUT2D eigenvalue weighted by Crippen LogP contribution is -2.19. The summed E-state index contributed by atoms with van der Waals surface area (Å²) in [4.78, 5) is 17.5. The van der Waals surface area contributed by atoms with Gasteiger partial charge in [-0.1, -0.05) is 40.2 Å². The van der Waals surface area contributed by atoms with Crippen LogP contribution in [0.15, 0.2) is 75.0 Å². The normalized spacial score (nSPS) is 16.8. The van der Waals surface area contributed by atoms with Crippen molar-refractivity contribution in [3.05, 3.63) is 87.0 Å². The van der Waals surface area contributed by atoms with Gasteiger partial charge in [-0.25, -0.2) is 4.99 Å². The second-order valence-electron chi connectivity index (χ2n) is 6.46. The molecule has 0 unspecified atom stereocenters. The number of aromatic nitrogens is 1. The fourth-order valence-electron chi connectivity index (χ4n) is 3.19. The summed E-state index contributed by atoms with van der Waals surface area (Å²) in [7, 11) is 0. The van der Waals surface area contributed by atoms with Gasteiger partial charge in [0.05, 0.1) is 10.6 Å². The SMILES string of the molecule is Cc1cc(/C=C2\SC(=Nc3ccccc3)NC2=O)c(C)n1-c1cccc(Br)c1. The maximum absolute atomic E-state index is 12.4. The molecular weight excluding hydrogens is 434 g/mol. The van der Waals surface area contributed by atoms with E-state index in [0.717, 1.165) is 32.8 Å². The van der Waals surface area contributed by atoms with Gasteiger partial charge >= 0.3 is 0 Å². The Kier molecular flexibility index (Phi) is 5.24. The molecule has 0 bridgehead atoms. The number of hydrogen-bond donors (Lipinski definition) is 1. The summed E-state index contributed by atoms with van der Waals surface area (Å²) < 4.78 is 3.22. The van der Waals surface area contributed by atoms with Crippen LogP contribution in [-0.4, -0.2) is 15.6 Å². The van der Waals surface area contributed by atoms with Crippen molar-refractivity contribution in [1.82, 2.24) is 9.88 Å². The highest BCUT2D eigenvalue weighted by Gasteiger charge is 2.24. The molecule has 3 aromatic rings. The highest BCUT2D eigenvalue weighted by atomic mass is 79.9. The highest BCUT2D eigenvalue weighted by Crippen LogP contribution is 2.30. The van der Waals surface area contributed by atoms with Crippen molar-refractivity contribution in [2.45, 2.75) is 13.8 Å². The van der Waals surface area contributed by atoms with Gasteiger partial charge in [0.2, 0.25) is 0 Å². The summed E-state index contributed by atoms with van der Waals surface area (Å²) >= 11 is 4.90. The van der Waals surface area contributed by atoms with Crippen LogP contribution in [0.1, 0.15) is 17.0 Å². The zero-order chi connectivity index (χ0) is 19.7. The number of aryl methyl sites for hydroxylation is 1. The number of amidine groups is 1. The molecule has 28 heavy (non-hydrogen) atoms. The van der Waals surface area contributed by atoms with Crippen molar-refractivity contribution in [2.75, 3.05) is 0 Å². The Labute approximate surface area is 176 Å². The van der Waals surface area contributed by atoms with Gasteiger partial charge in [-0.3, -0.25) is 4.79 Å². The van der Waals surface area contributed by atoms with Crippen LogP contribution in [0.5, 0.6) is 0 Å². The maximum Gasteiger partial charge on any atom is 0.264 e. The Morgan fingerprint density at radius 2 is 1.86 bits per heavy atom.